The summed E-state index contributed by atoms with van der Waals surface area (Å²) in [6, 6.07) is 12.9. The number of fused-ring (bicyclic) bond motifs is 1. The fraction of sp³-hybridized carbons (Fsp3) is 0.182. The Hall–Kier alpha value is -3.13. The number of carbonyl (C=O) groups excluding carboxylic acids is 1. The van der Waals surface area contributed by atoms with E-state index in [1.807, 2.05) is 0 Å². The molecule has 1 unspecified atom stereocenters. The minimum atomic E-state index is -4.85. The summed E-state index contributed by atoms with van der Waals surface area (Å²) in [6.07, 6.45) is -4.85. The molecule has 0 spiro atoms. The molecule has 0 fully saturated rings. The zero-order chi connectivity index (χ0) is 24.6. The second-order valence-corrected chi connectivity index (χ2v) is 9.81. The summed E-state index contributed by atoms with van der Waals surface area (Å²) in [5.41, 5.74) is -4.78. The van der Waals surface area contributed by atoms with Gasteiger partial charge in [-0.15, -0.1) is 0 Å². The molecule has 0 radical (unpaired) electrons. The number of hydrogen-bond acceptors (Lipinski definition) is 5. The van der Waals surface area contributed by atoms with Gasteiger partial charge >= 0.3 is 6.18 Å². The number of hydrogen-bond donors (Lipinski definition) is 2. The highest BCUT2D eigenvalue weighted by Gasteiger charge is 2.38. The molecular weight excluding hydrogens is 481 g/mol. The van der Waals surface area contributed by atoms with E-state index in [1.165, 1.54) is 24.3 Å². The first-order valence-corrected chi connectivity index (χ1v) is 11.3. The van der Waals surface area contributed by atoms with Crippen molar-refractivity contribution in [3.05, 3.63) is 70.7 Å². The van der Waals surface area contributed by atoms with Gasteiger partial charge in [-0.05, 0) is 37.3 Å². The molecule has 3 aromatic rings. The zero-order valence-corrected chi connectivity index (χ0v) is 18.5. The molecule has 1 atom stereocenters. The molecule has 0 saturated heterocycles. The maximum atomic E-state index is 13.2. The van der Waals surface area contributed by atoms with Gasteiger partial charge in [0.25, 0.3) is 5.91 Å². The number of halogens is 4. The van der Waals surface area contributed by atoms with Crippen molar-refractivity contribution in [2.24, 2.45) is 0 Å². The van der Waals surface area contributed by atoms with Gasteiger partial charge in [-0.2, -0.15) is 18.4 Å². The summed E-state index contributed by atoms with van der Waals surface area (Å²) in [5, 5.41) is 22.6. The van der Waals surface area contributed by atoms with E-state index in [0.29, 0.717) is 21.9 Å². The monoisotopic (exact) mass is 496 g/mol. The van der Waals surface area contributed by atoms with E-state index in [1.54, 1.807) is 18.2 Å². The number of nitrogens with one attached hydrogen (secondary N) is 1. The Morgan fingerprint density at radius 1 is 1.12 bits per heavy atom. The first kappa shape index (κ1) is 24.5. The molecule has 0 aliphatic heterocycles. The topological polar surface area (TPSA) is 107 Å². The number of amides is 1. The summed E-state index contributed by atoms with van der Waals surface area (Å²) >= 11 is 6.11. The molecule has 0 aliphatic rings. The van der Waals surface area contributed by atoms with Gasteiger partial charge in [0.1, 0.15) is 0 Å². The highest BCUT2D eigenvalue weighted by molar-refractivity contribution is 7.91. The number of nitriles is 1. The van der Waals surface area contributed by atoms with Crippen LogP contribution in [0.15, 0.2) is 59.5 Å². The van der Waals surface area contributed by atoms with E-state index in [4.69, 9.17) is 16.9 Å². The molecule has 1 amide bonds. The minimum absolute atomic E-state index is 0.159. The lowest BCUT2D eigenvalue weighted by molar-refractivity contribution is -0.137. The molecule has 0 bridgehead atoms. The standard InChI is InChI=1S/C22H16ClF3N2O4S/c1-21(30,20(29)28-14-7-6-13(11-27)17(10-14)22(24,25)26)12-33(31,32)19-9-8-18(23)15-4-2-3-5-16(15)19/h2-10,30H,12H2,1H3,(H,28,29). The average molecular weight is 497 g/mol. The van der Waals surface area contributed by atoms with E-state index in [-0.39, 0.29) is 10.6 Å². The van der Waals surface area contributed by atoms with Crippen LogP contribution >= 0.6 is 11.6 Å². The van der Waals surface area contributed by atoms with Gasteiger partial charge in [-0.3, -0.25) is 4.79 Å². The van der Waals surface area contributed by atoms with E-state index < -0.39 is 44.4 Å². The van der Waals surface area contributed by atoms with Crippen LogP contribution in [0.1, 0.15) is 18.1 Å². The highest BCUT2D eigenvalue weighted by atomic mass is 35.5. The van der Waals surface area contributed by atoms with Crippen LogP contribution in [-0.4, -0.2) is 30.8 Å². The first-order chi connectivity index (χ1) is 15.3. The van der Waals surface area contributed by atoms with Crippen LogP contribution in [0, 0.1) is 11.3 Å². The number of sulfone groups is 1. The van der Waals surface area contributed by atoms with Crippen molar-refractivity contribution in [1.29, 1.82) is 5.26 Å². The van der Waals surface area contributed by atoms with Crippen molar-refractivity contribution in [2.75, 3.05) is 11.1 Å². The van der Waals surface area contributed by atoms with Gasteiger partial charge in [0.2, 0.25) is 0 Å². The van der Waals surface area contributed by atoms with Gasteiger partial charge in [0, 0.05) is 21.5 Å². The predicted octanol–water partition coefficient (Wildman–Crippen LogP) is 4.55. The number of aliphatic hydroxyl groups is 1. The van der Waals surface area contributed by atoms with E-state index in [9.17, 15) is 31.5 Å². The quantitative estimate of drug-likeness (QED) is 0.539. The lowest BCUT2D eigenvalue weighted by atomic mass is 10.1. The Kier molecular flexibility index (Phi) is 6.44. The van der Waals surface area contributed by atoms with E-state index in [2.05, 4.69) is 5.32 Å². The molecule has 11 heteroatoms. The first-order valence-electron chi connectivity index (χ1n) is 9.31. The summed E-state index contributed by atoms with van der Waals surface area (Å²) in [7, 11) is -4.23. The molecule has 3 aromatic carbocycles. The third kappa shape index (κ3) is 5.11. The van der Waals surface area contributed by atoms with Crippen LogP contribution in [0.3, 0.4) is 0 Å². The fourth-order valence-electron chi connectivity index (χ4n) is 3.24. The number of anilines is 1. The van der Waals surface area contributed by atoms with Crippen LogP contribution in [0.5, 0.6) is 0 Å². The Morgan fingerprint density at radius 3 is 2.36 bits per heavy atom. The van der Waals surface area contributed by atoms with E-state index in [0.717, 1.165) is 19.1 Å². The number of benzene rings is 3. The van der Waals surface area contributed by atoms with Gasteiger partial charge < -0.3 is 10.4 Å². The van der Waals surface area contributed by atoms with Crippen molar-refractivity contribution in [2.45, 2.75) is 23.6 Å². The van der Waals surface area contributed by atoms with Gasteiger partial charge in [-0.1, -0.05) is 35.9 Å². The summed E-state index contributed by atoms with van der Waals surface area (Å²) < 4.78 is 65.5. The minimum Gasteiger partial charge on any atom is -0.379 e. The van der Waals surface area contributed by atoms with Crippen LogP contribution in [-0.2, 0) is 20.8 Å². The third-order valence-electron chi connectivity index (χ3n) is 4.83. The summed E-state index contributed by atoms with van der Waals surface area (Å²) in [4.78, 5) is 12.4. The van der Waals surface area contributed by atoms with Crippen molar-refractivity contribution in [1.82, 2.24) is 0 Å². The molecule has 0 aliphatic carbocycles. The molecule has 2 N–H and O–H groups in total. The second-order valence-electron chi connectivity index (χ2n) is 7.45. The normalized spacial score (nSPS) is 13.8. The predicted molar refractivity (Wildman–Crippen MR) is 116 cm³/mol. The lowest BCUT2D eigenvalue weighted by Crippen LogP contribution is -2.45. The highest BCUT2D eigenvalue weighted by Crippen LogP contribution is 2.34. The van der Waals surface area contributed by atoms with Crippen LogP contribution in [0.25, 0.3) is 10.8 Å². The van der Waals surface area contributed by atoms with E-state index >= 15 is 0 Å². The van der Waals surface area contributed by atoms with Crippen molar-refractivity contribution in [3.63, 3.8) is 0 Å². The molecule has 3 rings (SSSR count). The van der Waals surface area contributed by atoms with Gasteiger partial charge in [-0.25, -0.2) is 8.42 Å². The SMILES string of the molecule is CC(O)(CS(=O)(=O)c1ccc(Cl)c2ccccc12)C(=O)Nc1ccc(C#N)c(C(F)(F)F)c1. The maximum Gasteiger partial charge on any atom is 0.417 e. The third-order valence-corrected chi connectivity index (χ3v) is 7.13. The van der Waals surface area contributed by atoms with Gasteiger partial charge in [0.15, 0.2) is 15.4 Å². The molecular formula is C22H16ClF3N2O4S. The zero-order valence-electron chi connectivity index (χ0n) is 16.9. The maximum absolute atomic E-state index is 13.2. The summed E-state index contributed by atoms with van der Waals surface area (Å²) in [6.45, 7) is 0.937. The Balaban J connectivity index is 1.90. The molecule has 6 nitrogen and oxygen atoms in total. The van der Waals surface area contributed by atoms with Crippen molar-refractivity contribution in [3.8, 4) is 6.07 Å². The number of carbonyl (C=O) groups is 1. The average Bonchev–Trinajstić information content (AvgIpc) is 2.72. The van der Waals surface area contributed by atoms with Crippen LogP contribution in [0.4, 0.5) is 18.9 Å². The molecule has 172 valence electrons. The van der Waals surface area contributed by atoms with Crippen LogP contribution in [0.2, 0.25) is 5.02 Å². The largest absolute Gasteiger partial charge is 0.417 e. The number of rotatable bonds is 5. The van der Waals surface area contributed by atoms with Gasteiger partial charge in [0.05, 0.1) is 27.8 Å². The van der Waals surface area contributed by atoms with Crippen molar-refractivity contribution >= 4 is 43.8 Å². The second kappa shape index (κ2) is 8.67. The fourth-order valence-corrected chi connectivity index (χ4v) is 5.28. The Bertz CT molecular complexity index is 1400. The Morgan fingerprint density at radius 2 is 1.76 bits per heavy atom. The summed E-state index contributed by atoms with van der Waals surface area (Å²) in [5.74, 6) is -2.28. The molecule has 0 heterocycles. The molecule has 33 heavy (non-hydrogen) atoms. The Labute approximate surface area is 192 Å². The van der Waals surface area contributed by atoms with Crippen LogP contribution < -0.4 is 5.32 Å². The molecule has 0 aromatic heterocycles. The smallest absolute Gasteiger partial charge is 0.379 e. The number of nitrogens with zero attached hydrogens (tertiary/aromatic N) is 1. The lowest BCUT2D eigenvalue weighted by Gasteiger charge is -2.23. The number of alkyl halides is 3. The molecule has 0 saturated carbocycles. The van der Waals surface area contributed by atoms with Crippen molar-refractivity contribution < 1.29 is 31.5 Å².